The molecule has 10 rings (SSSR count). The monoisotopic (exact) mass is 636 g/mol. The van der Waals surface area contributed by atoms with E-state index in [0.717, 1.165) is 11.4 Å². The Morgan fingerprint density at radius 1 is 0.240 bits per heavy atom. The molecule has 234 valence electrons. The Labute approximate surface area is 290 Å². The van der Waals surface area contributed by atoms with Gasteiger partial charge >= 0.3 is 0 Å². The van der Waals surface area contributed by atoms with Crippen LogP contribution in [0.5, 0.6) is 0 Å². The normalized spacial score (nSPS) is 11.6. The highest BCUT2D eigenvalue weighted by Gasteiger charge is 2.19. The molecule has 2 heteroatoms. The van der Waals surface area contributed by atoms with Gasteiger partial charge in [0.25, 0.3) is 0 Å². The van der Waals surface area contributed by atoms with Crippen LogP contribution >= 0.6 is 0 Å². The number of rotatable bonds is 5. The van der Waals surface area contributed by atoms with Gasteiger partial charge in [0.05, 0.1) is 22.1 Å². The molecule has 0 spiro atoms. The van der Waals surface area contributed by atoms with Crippen LogP contribution in [0.25, 0.3) is 88.4 Å². The van der Waals surface area contributed by atoms with E-state index in [1.54, 1.807) is 0 Å². The zero-order valence-electron chi connectivity index (χ0n) is 27.4. The molecule has 2 heterocycles. The number of nitrogens with zero attached hydrogens (tertiary/aromatic N) is 2. The van der Waals surface area contributed by atoms with Crippen molar-refractivity contribution in [2.24, 2.45) is 0 Å². The van der Waals surface area contributed by atoms with E-state index >= 15 is 0 Å². The summed E-state index contributed by atoms with van der Waals surface area (Å²) in [6.45, 7) is 0. The van der Waals surface area contributed by atoms with Crippen molar-refractivity contribution in [1.29, 1.82) is 0 Å². The van der Waals surface area contributed by atoms with Crippen LogP contribution in [0.15, 0.2) is 194 Å². The van der Waals surface area contributed by atoms with Gasteiger partial charge in [0, 0.05) is 32.9 Å². The first-order valence-corrected chi connectivity index (χ1v) is 17.2. The maximum atomic E-state index is 2.45. The fourth-order valence-corrected chi connectivity index (χ4v) is 7.86. The van der Waals surface area contributed by atoms with Crippen molar-refractivity contribution in [3.8, 4) is 44.8 Å². The Bertz CT molecular complexity index is 2860. The van der Waals surface area contributed by atoms with Gasteiger partial charge in [-0.3, -0.25) is 0 Å². The summed E-state index contributed by atoms with van der Waals surface area (Å²) in [5.74, 6) is 0. The van der Waals surface area contributed by atoms with Gasteiger partial charge in [-0.1, -0.05) is 146 Å². The average molecular weight is 637 g/mol. The zero-order chi connectivity index (χ0) is 33.0. The van der Waals surface area contributed by atoms with Gasteiger partial charge in [-0.05, 0) is 81.9 Å². The summed E-state index contributed by atoms with van der Waals surface area (Å²) in [5.41, 5.74) is 14.4. The summed E-state index contributed by atoms with van der Waals surface area (Å²) in [4.78, 5) is 0. The molecule has 0 unspecified atom stereocenters. The number of aromatic nitrogens is 2. The molecule has 2 aromatic heterocycles. The van der Waals surface area contributed by atoms with Crippen LogP contribution in [-0.2, 0) is 0 Å². The first-order chi connectivity index (χ1) is 24.8. The predicted octanol–water partition coefficient (Wildman–Crippen LogP) is 12.9. The predicted molar refractivity (Wildman–Crippen MR) is 211 cm³/mol. The Hall–Kier alpha value is -6.64. The van der Waals surface area contributed by atoms with Crippen LogP contribution in [0.4, 0.5) is 0 Å². The maximum Gasteiger partial charge on any atom is 0.0562 e. The van der Waals surface area contributed by atoms with Crippen LogP contribution in [0.3, 0.4) is 0 Å². The van der Waals surface area contributed by atoms with Crippen LogP contribution in [0, 0.1) is 0 Å². The third-order valence-electron chi connectivity index (χ3n) is 10.1. The molecule has 0 aliphatic carbocycles. The average Bonchev–Trinajstić information content (AvgIpc) is 3.70. The molecule has 10 aromatic rings. The van der Waals surface area contributed by atoms with E-state index in [2.05, 4.69) is 203 Å². The smallest absolute Gasteiger partial charge is 0.0562 e. The lowest BCUT2D eigenvalue weighted by Gasteiger charge is -2.14. The van der Waals surface area contributed by atoms with E-state index < -0.39 is 0 Å². The third kappa shape index (κ3) is 4.50. The van der Waals surface area contributed by atoms with E-state index in [4.69, 9.17) is 0 Å². The van der Waals surface area contributed by atoms with Gasteiger partial charge in [-0.25, -0.2) is 0 Å². The summed E-state index contributed by atoms with van der Waals surface area (Å²) in [7, 11) is 0. The molecule has 0 aliphatic heterocycles. The summed E-state index contributed by atoms with van der Waals surface area (Å²) >= 11 is 0. The molecule has 0 fully saturated rings. The molecule has 0 saturated heterocycles. The molecular weight excluding hydrogens is 605 g/mol. The van der Waals surface area contributed by atoms with Gasteiger partial charge in [0.1, 0.15) is 0 Å². The quantitative estimate of drug-likeness (QED) is 0.178. The summed E-state index contributed by atoms with van der Waals surface area (Å²) in [5, 5.41) is 5.02. The van der Waals surface area contributed by atoms with Gasteiger partial charge < -0.3 is 9.13 Å². The Balaban J connectivity index is 1.23. The zero-order valence-corrected chi connectivity index (χ0v) is 27.4. The standard InChI is InChI=1S/C48H32N2/c1-3-15-33(16-4-1)35-19-13-21-37(29-35)49-45-27-11-9-25-41(45)43-31-44-42-26-10-12-28-46(42)50(48(44)32-47(43)49)38-22-14-20-36(30-38)40-24-8-7-23-39(40)34-17-5-2-6-18-34/h1-32H. The van der Waals surface area contributed by atoms with Crippen molar-refractivity contribution in [3.63, 3.8) is 0 Å². The summed E-state index contributed by atoms with van der Waals surface area (Å²) < 4.78 is 4.88. The molecule has 0 amide bonds. The topological polar surface area (TPSA) is 9.86 Å². The molecule has 0 saturated carbocycles. The lowest BCUT2D eigenvalue weighted by Crippen LogP contribution is -1.97. The molecule has 50 heavy (non-hydrogen) atoms. The highest BCUT2D eigenvalue weighted by Crippen LogP contribution is 2.41. The molecule has 0 bridgehead atoms. The second-order valence-electron chi connectivity index (χ2n) is 13.0. The van der Waals surface area contributed by atoms with E-state index in [-0.39, 0.29) is 0 Å². The van der Waals surface area contributed by atoms with Crippen LogP contribution in [-0.4, -0.2) is 9.13 Å². The number of para-hydroxylation sites is 2. The molecule has 0 atom stereocenters. The first-order valence-electron chi connectivity index (χ1n) is 17.2. The van der Waals surface area contributed by atoms with Gasteiger partial charge in [0.15, 0.2) is 0 Å². The lowest BCUT2D eigenvalue weighted by atomic mass is 9.94. The molecule has 0 aliphatic rings. The molecule has 8 aromatic carbocycles. The minimum atomic E-state index is 1.14. The fourth-order valence-electron chi connectivity index (χ4n) is 7.86. The van der Waals surface area contributed by atoms with Crippen molar-refractivity contribution >= 4 is 43.6 Å². The van der Waals surface area contributed by atoms with Gasteiger partial charge in [-0.15, -0.1) is 0 Å². The summed E-state index contributed by atoms with van der Waals surface area (Å²) in [6, 6.07) is 70.4. The molecule has 0 N–H and O–H groups in total. The number of benzene rings is 8. The molecule has 0 radical (unpaired) electrons. The van der Waals surface area contributed by atoms with E-state index in [1.807, 2.05) is 0 Å². The van der Waals surface area contributed by atoms with E-state index in [1.165, 1.54) is 77.0 Å². The largest absolute Gasteiger partial charge is 0.309 e. The maximum absolute atomic E-state index is 2.45. The number of hydrogen-bond donors (Lipinski definition) is 0. The minimum Gasteiger partial charge on any atom is -0.309 e. The highest BCUT2D eigenvalue weighted by atomic mass is 15.0. The number of hydrogen-bond acceptors (Lipinski definition) is 0. The summed E-state index contributed by atoms with van der Waals surface area (Å²) in [6.07, 6.45) is 0. The van der Waals surface area contributed by atoms with Crippen molar-refractivity contribution in [3.05, 3.63) is 194 Å². The fraction of sp³-hybridized carbons (Fsp3) is 0. The highest BCUT2D eigenvalue weighted by molar-refractivity contribution is 6.19. The first kappa shape index (κ1) is 28.4. The van der Waals surface area contributed by atoms with Gasteiger partial charge in [0.2, 0.25) is 0 Å². The van der Waals surface area contributed by atoms with Crippen LogP contribution in [0.2, 0.25) is 0 Å². The molecule has 2 nitrogen and oxygen atoms in total. The van der Waals surface area contributed by atoms with Crippen molar-refractivity contribution in [2.75, 3.05) is 0 Å². The number of fused-ring (bicyclic) bond motifs is 6. The molecular formula is C48H32N2. The Kier molecular flexibility index (Phi) is 6.53. The van der Waals surface area contributed by atoms with Crippen molar-refractivity contribution < 1.29 is 0 Å². The third-order valence-corrected chi connectivity index (χ3v) is 10.1. The van der Waals surface area contributed by atoms with E-state index in [9.17, 15) is 0 Å². The van der Waals surface area contributed by atoms with Gasteiger partial charge in [-0.2, -0.15) is 0 Å². The second-order valence-corrected chi connectivity index (χ2v) is 13.0. The Morgan fingerprint density at radius 3 is 1.28 bits per heavy atom. The van der Waals surface area contributed by atoms with E-state index in [0.29, 0.717) is 0 Å². The minimum absolute atomic E-state index is 1.14. The van der Waals surface area contributed by atoms with Crippen molar-refractivity contribution in [1.82, 2.24) is 9.13 Å². The SMILES string of the molecule is c1ccc(-c2cccc(-n3c4ccccc4c4cc5c6ccccc6n(-c6cccc(-c7ccccc7-c7ccccc7)c6)c5cc43)c2)cc1. The van der Waals surface area contributed by atoms with Crippen LogP contribution < -0.4 is 0 Å². The lowest BCUT2D eigenvalue weighted by molar-refractivity contribution is 1.16. The van der Waals surface area contributed by atoms with Crippen molar-refractivity contribution in [2.45, 2.75) is 0 Å². The second kappa shape index (κ2) is 11.5. The van der Waals surface area contributed by atoms with Crippen LogP contribution in [0.1, 0.15) is 0 Å². The Morgan fingerprint density at radius 2 is 0.680 bits per heavy atom.